The fourth-order valence-electron chi connectivity index (χ4n) is 1.27. The van der Waals surface area contributed by atoms with Crippen molar-refractivity contribution in [3.63, 3.8) is 0 Å². The Labute approximate surface area is 79.9 Å². The molecule has 0 aliphatic carbocycles. The molecule has 0 aliphatic heterocycles. The van der Waals surface area contributed by atoms with Crippen molar-refractivity contribution in [2.75, 3.05) is 0 Å². The smallest absolute Gasteiger partial charge is 0.166 e. The number of hydrazine groups is 1. The van der Waals surface area contributed by atoms with Gasteiger partial charge in [-0.3, -0.25) is 11.3 Å². The molecule has 0 radical (unpaired) electrons. The van der Waals surface area contributed by atoms with Crippen LogP contribution in [0.2, 0.25) is 0 Å². The summed E-state index contributed by atoms with van der Waals surface area (Å²) < 4.78 is 39.1. The van der Waals surface area contributed by atoms with E-state index < -0.39 is 23.5 Å². The SMILES string of the molecule is CC[C@H](NN)c1c(F)ccc(F)c1F. The number of benzene rings is 1. The summed E-state index contributed by atoms with van der Waals surface area (Å²) in [7, 11) is 0. The molecule has 0 saturated heterocycles. The summed E-state index contributed by atoms with van der Waals surface area (Å²) in [6.07, 6.45) is 0.369. The molecule has 0 saturated carbocycles. The van der Waals surface area contributed by atoms with Crippen LogP contribution in [-0.4, -0.2) is 0 Å². The van der Waals surface area contributed by atoms with Gasteiger partial charge in [-0.1, -0.05) is 6.92 Å². The van der Waals surface area contributed by atoms with Crippen LogP contribution < -0.4 is 11.3 Å². The summed E-state index contributed by atoms with van der Waals surface area (Å²) in [4.78, 5) is 0. The molecule has 0 aliphatic rings. The number of nitrogens with one attached hydrogen (secondary N) is 1. The van der Waals surface area contributed by atoms with Crippen LogP contribution in [0.3, 0.4) is 0 Å². The van der Waals surface area contributed by atoms with Crippen molar-refractivity contribution in [2.45, 2.75) is 19.4 Å². The Bertz CT molecular complexity index is 324. The van der Waals surface area contributed by atoms with Gasteiger partial charge in [-0.05, 0) is 18.6 Å². The first-order valence-corrected chi connectivity index (χ1v) is 4.21. The van der Waals surface area contributed by atoms with Gasteiger partial charge in [0.1, 0.15) is 5.82 Å². The number of halogens is 3. The molecule has 1 atom stereocenters. The van der Waals surface area contributed by atoms with Crippen molar-refractivity contribution in [1.82, 2.24) is 5.43 Å². The zero-order valence-electron chi connectivity index (χ0n) is 7.65. The molecular formula is C9H11F3N2. The number of hydrogen-bond acceptors (Lipinski definition) is 2. The molecule has 0 aromatic heterocycles. The van der Waals surface area contributed by atoms with Gasteiger partial charge in [0.25, 0.3) is 0 Å². The summed E-state index contributed by atoms with van der Waals surface area (Å²) in [5.41, 5.74) is 1.88. The first kappa shape index (κ1) is 11.0. The van der Waals surface area contributed by atoms with E-state index in [0.29, 0.717) is 6.42 Å². The van der Waals surface area contributed by atoms with Crippen LogP contribution in [0.4, 0.5) is 13.2 Å². The van der Waals surface area contributed by atoms with E-state index in [0.717, 1.165) is 12.1 Å². The molecular weight excluding hydrogens is 193 g/mol. The Balaban J connectivity index is 3.23. The molecule has 3 N–H and O–H groups in total. The molecule has 78 valence electrons. The van der Waals surface area contributed by atoms with Gasteiger partial charge in [0.05, 0.1) is 6.04 Å². The zero-order valence-corrected chi connectivity index (χ0v) is 7.65. The minimum atomic E-state index is -1.19. The largest absolute Gasteiger partial charge is 0.271 e. The topological polar surface area (TPSA) is 38.0 Å². The third-order valence-corrected chi connectivity index (χ3v) is 2.04. The minimum absolute atomic E-state index is 0.352. The molecule has 1 rings (SSSR count). The molecule has 0 fully saturated rings. The third kappa shape index (κ3) is 1.88. The second-order valence-electron chi connectivity index (χ2n) is 2.88. The molecule has 0 amide bonds. The van der Waals surface area contributed by atoms with Crippen molar-refractivity contribution in [2.24, 2.45) is 5.84 Å². The first-order valence-electron chi connectivity index (χ1n) is 4.21. The van der Waals surface area contributed by atoms with Crippen LogP contribution in [0, 0.1) is 17.5 Å². The Morgan fingerprint density at radius 3 is 2.36 bits per heavy atom. The number of nitrogens with two attached hydrogens (primary N) is 1. The molecule has 0 spiro atoms. The lowest BCUT2D eigenvalue weighted by Crippen LogP contribution is -2.29. The molecule has 1 aromatic carbocycles. The predicted molar refractivity (Wildman–Crippen MR) is 46.7 cm³/mol. The maximum absolute atomic E-state index is 13.2. The lowest BCUT2D eigenvalue weighted by Gasteiger charge is -2.15. The lowest BCUT2D eigenvalue weighted by atomic mass is 10.0. The van der Waals surface area contributed by atoms with Gasteiger partial charge in [-0.2, -0.15) is 0 Å². The molecule has 0 heterocycles. The van der Waals surface area contributed by atoms with E-state index in [1.165, 1.54) is 0 Å². The van der Waals surface area contributed by atoms with E-state index in [2.05, 4.69) is 5.43 Å². The standard InChI is InChI=1S/C9H11F3N2/c1-2-7(14-13)8-5(10)3-4-6(11)9(8)12/h3-4,7,14H,2,13H2,1H3/t7-/m0/s1. The summed E-state index contributed by atoms with van der Waals surface area (Å²) in [5.74, 6) is 2.04. The van der Waals surface area contributed by atoms with Crippen LogP contribution in [0.1, 0.15) is 24.9 Å². The summed E-state index contributed by atoms with van der Waals surface area (Å²) in [6, 6.07) is 0.913. The van der Waals surface area contributed by atoms with Crippen LogP contribution in [-0.2, 0) is 0 Å². The average molecular weight is 204 g/mol. The highest BCUT2D eigenvalue weighted by molar-refractivity contribution is 5.24. The van der Waals surface area contributed by atoms with Gasteiger partial charge >= 0.3 is 0 Å². The van der Waals surface area contributed by atoms with E-state index in [9.17, 15) is 13.2 Å². The third-order valence-electron chi connectivity index (χ3n) is 2.04. The predicted octanol–water partition coefficient (Wildman–Crippen LogP) is 2.02. The van der Waals surface area contributed by atoms with E-state index in [1.54, 1.807) is 6.92 Å². The van der Waals surface area contributed by atoms with Crippen LogP contribution in [0.5, 0.6) is 0 Å². The Kier molecular flexibility index (Phi) is 3.49. The molecule has 0 unspecified atom stereocenters. The number of hydrogen-bond donors (Lipinski definition) is 2. The normalized spacial score (nSPS) is 12.9. The van der Waals surface area contributed by atoms with E-state index >= 15 is 0 Å². The monoisotopic (exact) mass is 204 g/mol. The molecule has 5 heteroatoms. The summed E-state index contributed by atoms with van der Waals surface area (Å²) in [5, 5.41) is 0. The van der Waals surface area contributed by atoms with Gasteiger partial charge in [-0.15, -0.1) is 0 Å². The van der Waals surface area contributed by atoms with Gasteiger partial charge < -0.3 is 0 Å². The zero-order chi connectivity index (χ0) is 10.7. The van der Waals surface area contributed by atoms with E-state index in [-0.39, 0.29) is 5.56 Å². The Morgan fingerprint density at radius 2 is 1.86 bits per heavy atom. The average Bonchev–Trinajstić information content (AvgIpc) is 2.19. The molecule has 1 aromatic rings. The molecule has 14 heavy (non-hydrogen) atoms. The quantitative estimate of drug-likeness (QED) is 0.449. The van der Waals surface area contributed by atoms with Crippen molar-refractivity contribution in [3.8, 4) is 0 Å². The van der Waals surface area contributed by atoms with Gasteiger partial charge in [0.2, 0.25) is 0 Å². The summed E-state index contributed by atoms with van der Waals surface area (Å²) in [6.45, 7) is 1.69. The van der Waals surface area contributed by atoms with Crippen molar-refractivity contribution >= 4 is 0 Å². The van der Waals surface area contributed by atoms with Crippen LogP contribution in [0.25, 0.3) is 0 Å². The van der Waals surface area contributed by atoms with Gasteiger partial charge in [0, 0.05) is 5.56 Å². The Hall–Kier alpha value is -1.07. The summed E-state index contributed by atoms with van der Waals surface area (Å²) >= 11 is 0. The van der Waals surface area contributed by atoms with Crippen molar-refractivity contribution < 1.29 is 13.2 Å². The van der Waals surface area contributed by atoms with Crippen molar-refractivity contribution in [3.05, 3.63) is 35.1 Å². The highest BCUT2D eigenvalue weighted by atomic mass is 19.2. The van der Waals surface area contributed by atoms with Crippen molar-refractivity contribution in [1.29, 1.82) is 0 Å². The fourth-order valence-corrected chi connectivity index (χ4v) is 1.27. The highest BCUT2D eigenvalue weighted by Gasteiger charge is 2.20. The highest BCUT2D eigenvalue weighted by Crippen LogP contribution is 2.24. The minimum Gasteiger partial charge on any atom is -0.271 e. The Morgan fingerprint density at radius 1 is 1.29 bits per heavy atom. The lowest BCUT2D eigenvalue weighted by molar-refractivity contribution is 0.434. The second kappa shape index (κ2) is 4.43. The maximum Gasteiger partial charge on any atom is 0.166 e. The fraction of sp³-hybridized carbons (Fsp3) is 0.333. The van der Waals surface area contributed by atoms with E-state index in [1.807, 2.05) is 0 Å². The molecule has 2 nitrogen and oxygen atoms in total. The first-order chi connectivity index (χ1) is 6.61. The molecule has 0 bridgehead atoms. The maximum atomic E-state index is 13.2. The number of rotatable bonds is 3. The van der Waals surface area contributed by atoms with Crippen LogP contribution in [0.15, 0.2) is 12.1 Å². The van der Waals surface area contributed by atoms with Gasteiger partial charge in [-0.25, -0.2) is 13.2 Å². The van der Waals surface area contributed by atoms with Crippen LogP contribution >= 0.6 is 0 Å². The second-order valence-corrected chi connectivity index (χ2v) is 2.88. The van der Waals surface area contributed by atoms with Gasteiger partial charge in [0.15, 0.2) is 11.6 Å². The van der Waals surface area contributed by atoms with E-state index in [4.69, 9.17) is 5.84 Å².